The van der Waals surface area contributed by atoms with Gasteiger partial charge in [0.05, 0.1) is 0 Å². The van der Waals surface area contributed by atoms with Crippen LogP contribution in [0.1, 0.15) is 180 Å². The lowest BCUT2D eigenvalue weighted by molar-refractivity contribution is 0.519. The van der Waals surface area contributed by atoms with Crippen LogP contribution in [-0.2, 0) is 6.42 Å². The SMILES string of the molecule is CCCCCCCCCCCCCCCCCC=Cc1cccc(C[CH]C(C)CCCCCCCC)c1. The molecule has 0 aliphatic rings. The molecular weight excluding hydrogens is 444 g/mol. The van der Waals surface area contributed by atoms with Gasteiger partial charge in [0.15, 0.2) is 0 Å². The average molecular weight is 510 g/mol. The highest BCUT2D eigenvalue weighted by Gasteiger charge is 2.04. The summed E-state index contributed by atoms with van der Waals surface area (Å²) in [4.78, 5) is 0. The summed E-state index contributed by atoms with van der Waals surface area (Å²) < 4.78 is 0. The summed E-state index contributed by atoms with van der Waals surface area (Å²) in [7, 11) is 0. The van der Waals surface area contributed by atoms with Gasteiger partial charge in [0.1, 0.15) is 0 Å². The van der Waals surface area contributed by atoms with Crippen LogP contribution < -0.4 is 0 Å². The van der Waals surface area contributed by atoms with Crippen molar-refractivity contribution in [3.63, 3.8) is 0 Å². The van der Waals surface area contributed by atoms with Crippen molar-refractivity contribution in [3.05, 3.63) is 47.9 Å². The van der Waals surface area contributed by atoms with Gasteiger partial charge < -0.3 is 0 Å². The molecule has 0 N–H and O–H groups in total. The fourth-order valence-electron chi connectivity index (χ4n) is 5.38. The average Bonchev–Trinajstić information content (AvgIpc) is 2.91. The van der Waals surface area contributed by atoms with Crippen molar-refractivity contribution < 1.29 is 0 Å². The lowest BCUT2D eigenvalue weighted by Gasteiger charge is -2.11. The van der Waals surface area contributed by atoms with Gasteiger partial charge in [-0.3, -0.25) is 0 Å². The molecule has 0 aliphatic heterocycles. The van der Waals surface area contributed by atoms with Crippen LogP contribution in [0.4, 0.5) is 0 Å². The molecule has 0 spiro atoms. The van der Waals surface area contributed by atoms with Crippen LogP contribution in [0.5, 0.6) is 0 Å². The highest BCUT2D eigenvalue weighted by Crippen LogP contribution is 2.18. The summed E-state index contributed by atoms with van der Waals surface area (Å²) in [5, 5.41) is 0. The molecule has 0 saturated heterocycles. The fraction of sp³-hybridized carbons (Fsp3) is 0.757. The number of rotatable bonds is 27. The van der Waals surface area contributed by atoms with Gasteiger partial charge in [-0.1, -0.05) is 192 Å². The van der Waals surface area contributed by atoms with Gasteiger partial charge in [-0.05, 0) is 42.7 Å². The minimum absolute atomic E-state index is 0.732. The summed E-state index contributed by atoms with van der Waals surface area (Å²) >= 11 is 0. The van der Waals surface area contributed by atoms with Crippen molar-refractivity contribution in [1.82, 2.24) is 0 Å². The Balaban J connectivity index is 1.97. The Morgan fingerprint density at radius 3 is 1.62 bits per heavy atom. The molecule has 1 rings (SSSR count). The van der Waals surface area contributed by atoms with Crippen molar-refractivity contribution in [2.45, 2.75) is 175 Å². The molecule has 1 atom stereocenters. The summed E-state index contributed by atoms with van der Waals surface area (Å²) in [5.74, 6) is 0.732. The summed E-state index contributed by atoms with van der Waals surface area (Å²) in [6.45, 7) is 6.99. The number of benzene rings is 1. The van der Waals surface area contributed by atoms with Crippen LogP contribution in [-0.4, -0.2) is 0 Å². The standard InChI is InChI=1S/C37H65/c1-4-6-8-10-12-13-14-15-16-17-18-19-20-21-22-24-26-29-36-30-27-31-37(34-36)33-32-35(3)28-25-23-11-9-7-5-2/h26-27,29-32,34-35H,4-25,28,33H2,1-3H3. The van der Waals surface area contributed by atoms with Crippen molar-refractivity contribution in [2.75, 3.05) is 0 Å². The van der Waals surface area contributed by atoms with E-state index >= 15 is 0 Å². The van der Waals surface area contributed by atoms with Gasteiger partial charge >= 0.3 is 0 Å². The Bertz CT molecular complexity index is 612. The van der Waals surface area contributed by atoms with E-state index in [1.807, 2.05) is 0 Å². The molecule has 0 heterocycles. The van der Waals surface area contributed by atoms with E-state index in [2.05, 4.69) is 63.6 Å². The Hall–Kier alpha value is -1.04. The van der Waals surface area contributed by atoms with Gasteiger partial charge in [-0.15, -0.1) is 0 Å². The molecule has 0 heteroatoms. The van der Waals surface area contributed by atoms with Gasteiger partial charge in [-0.2, -0.15) is 0 Å². The Kier molecular flexibility index (Phi) is 24.4. The van der Waals surface area contributed by atoms with E-state index in [0.29, 0.717) is 0 Å². The van der Waals surface area contributed by atoms with Crippen LogP contribution in [0.15, 0.2) is 30.3 Å². The monoisotopic (exact) mass is 510 g/mol. The zero-order chi connectivity index (χ0) is 26.7. The molecule has 0 aromatic heterocycles. The van der Waals surface area contributed by atoms with E-state index < -0.39 is 0 Å². The number of unbranched alkanes of at least 4 members (excludes halogenated alkanes) is 20. The smallest absolute Gasteiger partial charge is 0.0245 e. The Morgan fingerprint density at radius 1 is 0.595 bits per heavy atom. The van der Waals surface area contributed by atoms with Gasteiger partial charge in [0.25, 0.3) is 0 Å². The topological polar surface area (TPSA) is 0 Å². The van der Waals surface area contributed by atoms with Crippen molar-refractivity contribution >= 4 is 6.08 Å². The Morgan fingerprint density at radius 2 is 1.08 bits per heavy atom. The lowest BCUT2D eigenvalue weighted by atomic mass is 9.95. The molecule has 37 heavy (non-hydrogen) atoms. The number of hydrogen-bond acceptors (Lipinski definition) is 0. The quantitative estimate of drug-likeness (QED) is 0.103. The van der Waals surface area contributed by atoms with Crippen molar-refractivity contribution in [1.29, 1.82) is 0 Å². The predicted molar refractivity (Wildman–Crippen MR) is 170 cm³/mol. The van der Waals surface area contributed by atoms with Gasteiger partial charge in [0, 0.05) is 0 Å². The molecular formula is C37H65. The summed E-state index contributed by atoms with van der Waals surface area (Å²) in [5.41, 5.74) is 2.83. The maximum Gasteiger partial charge on any atom is -0.0245 e. The molecule has 0 fully saturated rings. The van der Waals surface area contributed by atoms with Crippen LogP contribution in [0, 0.1) is 12.3 Å². The largest absolute Gasteiger partial charge is 0.0839 e. The maximum absolute atomic E-state index is 2.53. The molecule has 1 radical (unpaired) electrons. The zero-order valence-electron chi connectivity index (χ0n) is 25.6. The Labute approximate surface area is 234 Å². The van der Waals surface area contributed by atoms with Gasteiger partial charge in [-0.25, -0.2) is 0 Å². The van der Waals surface area contributed by atoms with Crippen LogP contribution in [0.2, 0.25) is 0 Å². The third kappa shape index (κ3) is 22.6. The normalized spacial score (nSPS) is 12.5. The summed E-state index contributed by atoms with van der Waals surface area (Å²) in [6, 6.07) is 9.16. The minimum atomic E-state index is 0.732. The van der Waals surface area contributed by atoms with E-state index in [1.54, 1.807) is 0 Å². The first-order chi connectivity index (χ1) is 18.3. The predicted octanol–water partition coefficient (Wildman–Crippen LogP) is 13.1. The highest BCUT2D eigenvalue weighted by atomic mass is 14.1. The van der Waals surface area contributed by atoms with E-state index in [1.165, 1.54) is 159 Å². The van der Waals surface area contributed by atoms with Gasteiger partial charge in [0.2, 0.25) is 0 Å². The van der Waals surface area contributed by atoms with E-state index in [4.69, 9.17) is 0 Å². The first kappa shape index (κ1) is 34.0. The molecule has 0 saturated carbocycles. The van der Waals surface area contributed by atoms with E-state index in [9.17, 15) is 0 Å². The van der Waals surface area contributed by atoms with E-state index in [0.717, 1.165) is 12.3 Å². The molecule has 0 amide bonds. The molecule has 0 nitrogen and oxygen atoms in total. The lowest BCUT2D eigenvalue weighted by Crippen LogP contribution is -1.99. The maximum atomic E-state index is 2.53. The first-order valence-corrected chi connectivity index (χ1v) is 16.8. The van der Waals surface area contributed by atoms with Crippen LogP contribution >= 0.6 is 0 Å². The molecule has 1 unspecified atom stereocenters. The zero-order valence-corrected chi connectivity index (χ0v) is 25.6. The fourth-order valence-corrected chi connectivity index (χ4v) is 5.38. The molecule has 1 aromatic rings. The number of hydrogen-bond donors (Lipinski definition) is 0. The van der Waals surface area contributed by atoms with Crippen molar-refractivity contribution in [3.8, 4) is 0 Å². The van der Waals surface area contributed by atoms with Crippen LogP contribution in [0.25, 0.3) is 6.08 Å². The third-order valence-corrected chi connectivity index (χ3v) is 8.00. The van der Waals surface area contributed by atoms with Crippen molar-refractivity contribution in [2.24, 2.45) is 5.92 Å². The number of allylic oxidation sites excluding steroid dienone is 1. The second-order valence-electron chi connectivity index (χ2n) is 11.9. The molecule has 0 bridgehead atoms. The van der Waals surface area contributed by atoms with Crippen LogP contribution in [0.3, 0.4) is 0 Å². The van der Waals surface area contributed by atoms with E-state index in [-0.39, 0.29) is 0 Å². The summed E-state index contributed by atoms with van der Waals surface area (Å²) in [6.07, 6.45) is 40.9. The minimum Gasteiger partial charge on any atom is -0.0839 e. The molecule has 0 aliphatic carbocycles. The first-order valence-electron chi connectivity index (χ1n) is 16.8. The second-order valence-corrected chi connectivity index (χ2v) is 11.9. The third-order valence-electron chi connectivity index (χ3n) is 8.00. The molecule has 213 valence electrons. The second kappa shape index (κ2) is 26.6. The highest BCUT2D eigenvalue weighted by molar-refractivity contribution is 5.50. The molecule has 1 aromatic carbocycles.